The molecule has 2 aromatic rings. The molecule has 184 valence electrons. The smallest absolute Gasteiger partial charge is 0.250 e. The normalized spacial score (nSPS) is 19.9. The maximum absolute atomic E-state index is 15.0. The lowest BCUT2D eigenvalue weighted by molar-refractivity contribution is -0.136. The van der Waals surface area contributed by atoms with Gasteiger partial charge in [0, 0.05) is 39.3 Å². The summed E-state index contributed by atoms with van der Waals surface area (Å²) in [5.74, 6) is -2.52. The highest BCUT2D eigenvalue weighted by molar-refractivity contribution is 6.10. The van der Waals surface area contributed by atoms with Crippen molar-refractivity contribution in [3.8, 4) is 0 Å². The number of ether oxygens (including phenoxy) is 1. The number of methoxy groups -OCH3 is 1. The monoisotopic (exact) mass is 475 g/mol. The van der Waals surface area contributed by atoms with E-state index < -0.39 is 17.2 Å². The Balaban J connectivity index is 2.13. The van der Waals surface area contributed by atoms with Gasteiger partial charge < -0.3 is 9.64 Å². The van der Waals surface area contributed by atoms with Crippen molar-refractivity contribution in [2.45, 2.75) is 45.1 Å². The molecule has 0 saturated carbocycles. The summed E-state index contributed by atoms with van der Waals surface area (Å²) in [6.45, 7) is 4.76. The molecule has 8 heteroatoms. The van der Waals surface area contributed by atoms with Crippen molar-refractivity contribution in [2.24, 2.45) is 11.0 Å². The van der Waals surface area contributed by atoms with Crippen LogP contribution in [0.2, 0.25) is 0 Å². The minimum atomic E-state index is -1.26. The first-order chi connectivity index (χ1) is 16.2. The number of unbranched alkanes of at least 4 members (excludes halogenated alkanes) is 1. The molecule has 0 aromatic heterocycles. The summed E-state index contributed by atoms with van der Waals surface area (Å²) in [6.07, 6.45) is 2.98. The predicted molar refractivity (Wildman–Crippen MR) is 127 cm³/mol. The largest absolute Gasteiger partial charge is 0.385 e. The number of carbonyl (C=O) groups is 1. The summed E-state index contributed by atoms with van der Waals surface area (Å²) >= 11 is 0. The van der Waals surface area contributed by atoms with E-state index in [1.807, 2.05) is 0 Å². The standard InChI is InChI=1S/C26H32F3N3O2/c1-5-6-8-21-24(18-9-11-19(27)12-10-18)30-32(23-14-13-20(28)17-22(23)29)26(21,2)25(33)31(3)15-7-16-34-4/h9-14,17,21H,5-8,15-16H2,1-4H3. The highest BCUT2D eigenvalue weighted by Crippen LogP contribution is 2.43. The van der Waals surface area contributed by atoms with Gasteiger partial charge in [0.05, 0.1) is 11.4 Å². The van der Waals surface area contributed by atoms with Crippen LogP contribution in [-0.2, 0) is 9.53 Å². The van der Waals surface area contributed by atoms with Gasteiger partial charge in [-0.2, -0.15) is 5.10 Å². The maximum Gasteiger partial charge on any atom is 0.250 e. The molecule has 5 nitrogen and oxygen atoms in total. The molecule has 0 saturated heterocycles. The fraction of sp³-hybridized carbons (Fsp3) is 0.462. The van der Waals surface area contributed by atoms with Gasteiger partial charge in [-0.3, -0.25) is 4.79 Å². The summed E-state index contributed by atoms with van der Waals surface area (Å²) in [5.41, 5.74) is -0.00705. The van der Waals surface area contributed by atoms with Crippen LogP contribution in [0.15, 0.2) is 47.6 Å². The number of carbonyl (C=O) groups excluding carboxylic acids is 1. The van der Waals surface area contributed by atoms with E-state index in [1.165, 1.54) is 23.2 Å². The number of nitrogens with zero attached hydrogens (tertiary/aromatic N) is 3. The zero-order chi connectivity index (χ0) is 24.9. The number of anilines is 1. The molecule has 2 aromatic carbocycles. The van der Waals surface area contributed by atoms with Crippen molar-refractivity contribution in [3.05, 3.63) is 65.5 Å². The van der Waals surface area contributed by atoms with Crippen LogP contribution >= 0.6 is 0 Å². The third kappa shape index (κ3) is 5.12. The molecule has 3 rings (SSSR count). The van der Waals surface area contributed by atoms with Crippen LogP contribution in [0.1, 0.15) is 45.1 Å². The van der Waals surface area contributed by atoms with Gasteiger partial charge in [-0.25, -0.2) is 18.2 Å². The van der Waals surface area contributed by atoms with Gasteiger partial charge in [0.1, 0.15) is 17.2 Å². The molecule has 2 unspecified atom stereocenters. The van der Waals surface area contributed by atoms with E-state index in [0.29, 0.717) is 37.3 Å². The summed E-state index contributed by atoms with van der Waals surface area (Å²) in [7, 11) is 3.30. The lowest BCUT2D eigenvalue weighted by atomic mass is 9.76. The number of benzene rings is 2. The number of hydrazone groups is 1. The Labute approximate surface area is 199 Å². The van der Waals surface area contributed by atoms with Crippen LogP contribution in [0.25, 0.3) is 0 Å². The lowest BCUT2D eigenvalue weighted by Crippen LogP contribution is -2.58. The van der Waals surface area contributed by atoms with Crippen LogP contribution in [0, 0.1) is 23.4 Å². The minimum absolute atomic E-state index is 0.0150. The molecule has 1 aliphatic rings. The van der Waals surface area contributed by atoms with Crippen molar-refractivity contribution < 1.29 is 22.7 Å². The van der Waals surface area contributed by atoms with Crippen LogP contribution in [0.5, 0.6) is 0 Å². The number of hydrogen-bond acceptors (Lipinski definition) is 4. The van der Waals surface area contributed by atoms with Crippen molar-refractivity contribution in [2.75, 3.05) is 32.3 Å². The number of amides is 1. The van der Waals surface area contributed by atoms with Gasteiger partial charge in [0.15, 0.2) is 5.82 Å². The molecule has 1 amide bonds. The summed E-state index contributed by atoms with van der Waals surface area (Å²) in [4.78, 5) is 15.5. The number of rotatable bonds is 10. The molecular weight excluding hydrogens is 443 g/mol. The first-order valence-corrected chi connectivity index (χ1v) is 11.6. The van der Waals surface area contributed by atoms with E-state index in [9.17, 15) is 18.0 Å². The van der Waals surface area contributed by atoms with Crippen LogP contribution in [0.3, 0.4) is 0 Å². The molecule has 1 aliphatic heterocycles. The van der Waals surface area contributed by atoms with Crippen molar-refractivity contribution >= 4 is 17.3 Å². The Morgan fingerprint density at radius 2 is 1.79 bits per heavy atom. The second-order valence-electron chi connectivity index (χ2n) is 8.82. The molecule has 34 heavy (non-hydrogen) atoms. The Morgan fingerprint density at radius 3 is 2.41 bits per heavy atom. The van der Waals surface area contributed by atoms with Gasteiger partial charge in [-0.1, -0.05) is 31.9 Å². The fourth-order valence-corrected chi connectivity index (χ4v) is 4.53. The summed E-state index contributed by atoms with van der Waals surface area (Å²) < 4.78 is 47.4. The zero-order valence-electron chi connectivity index (χ0n) is 20.2. The van der Waals surface area contributed by atoms with E-state index in [0.717, 1.165) is 25.0 Å². The highest BCUT2D eigenvalue weighted by atomic mass is 19.1. The van der Waals surface area contributed by atoms with E-state index in [2.05, 4.69) is 6.92 Å². The average Bonchev–Trinajstić information content (AvgIpc) is 3.10. The van der Waals surface area contributed by atoms with Crippen molar-refractivity contribution in [1.82, 2.24) is 4.90 Å². The second kappa shape index (κ2) is 11.0. The molecule has 1 heterocycles. The van der Waals surface area contributed by atoms with Crippen molar-refractivity contribution in [1.29, 1.82) is 0 Å². The third-order valence-electron chi connectivity index (χ3n) is 6.40. The third-order valence-corrected chi connectivity index (χ3v) is 6.40. The van der Waals surface area contributed by atoms with Crippen LogP contribution in [0.4, 0.5) is 18.9 Å². The van der Waals surface area contributed by atoms with E-state index >= 15 is 0 Å². The van der Waals surface area contributed by atoms with Gasteiger partial charge >= 0.3 is 0 Å². The molecule has 0 bridgehead atoms. The topological polar surface area (TPSA) is 45.1 Å². The first kappa shape index (κ1) is 25.7. The molecule has 0 radical (unpaired) electrons. The highest BCUT2D eigenvalue weighted by Gasteiger charge is 2.55. The average molecular weight is 476 g/mol. The minimum Gasteiger partial charge on any atom is -0.385 e. The second-order valence-corrected chi connectivity index (χ2v) is 8.82. The van der Waals surface area contributed by atoms with Gasteiger partial charge in [-0.15, -0.1) is 0 Å². The Bertz CT molecular complexity index is 1030. The summed E-state index contributed by atoms with van der Waals surface area (Å²) in [5, 5.41) is 6.11. The molecule has 0 N–H and O–H groups in total. The van der Waals surface area contributed by atoms with Gasteiger partial charge in [-0.05, 0) is 49.6 Å². The Hall–Kier alpha value is -2.87. The zero-order valence-corrected chi connectivity index (χ0v) is 20.2. The molecule has 0 fully saturated rings. The number of likely N-dealkylation sites (N-methyl/N-ethyl adjacent to an activating group) is 1. The van der Waals surface area contributed by atoms with Crippen molar-refractivity contribution in [3.63, 3.8) is 0 Å². The van der Waals surface area contributed by atoms with E-state index in [1.54, 1.807) is 38.1 Å². The Kier molecular flexibility index (Phi) is 8.36. The first-order valence-electron chi connectivity index (χ1n) is 11.6. The molecule has 2 atom stereocenters. The maximum atomic E-state index is 15.0. The number of halogens is 3. The molecular formula is C26H32F3N3O2. The Morgan fingerprint density at radius 1 is 1.12 bits per heavy atom. The van der Waals surface area contributed by atoms with E-state index in [4.69, 9.17) is 9.84 Å². The predicted octanol–water partition coefficient (Wildman–Crippen LogP) is 5.39. The van der Waals surface area contributed by atoms with Gasteiger partial charge in [0.25, 0.3) is 5.91 Å². The molecule has 0 spiro atoms. The van der Waals surface area contributed by atoms with Gasteiger partial charge in [0.2, 0.25) is 0 Å². The lowest BCUT2D eigenvalue weighted by Gasteiger charge is -2.40. The van der Waals surface area contributed by atoms with Crippen LogP contribution in [-0.4, -0.2) is 49.4 Å². The number of hydrogen-bond donors (Lipinski definition) is 0. The SMILES string of the molecule is CCCCC1C(c2ccc(F)cc2)=NN(c2ccc(F)cc2F)C1(C)C(=O)N(C)CCCOC. The molecule has 0 aliphatic carbocycles. The van der Waals surface area contributed by atoms with Crippen LogP contribution < -0.4 is 5.01 Å². The van der Waals surface area contributed by atoms with E-state index in [-0.39, 0.29) is 23.3 Å². The fourth-order valence-electron chi connectivity index (χ4n) is 4.53. The quantitative estimate of drug-likeness (QED) is 0.433. The summed E-state index contributed by atoms with van der Waals surface area (Å²) in [6, 6.07) is 9.15.